The number of benzene rings is 2. The second kappa shape index (κ2) is 6.59. The molecule has 7 heteroatoms. The Hall–Kier alpha value is -3.87. The number of aromatic nitrogens is 2. The number of aliphatic hydroxyl groups is 1. The van der Waals surface area contributed by atoms with Crippen LogP contribution in [0.2, 0.25) is 0 Å². The molecular formula is C23H19N3O4. The molecule has 1 unspecified atom stereocenters. The first-order chi connectivity index (χ1) is 14.5. The van der Waals surface area contributed by atoms with E-state index in [4.69, 9.17) is 4.42 Å². The molecule has 150 valence electrons. The normalized spacial score (nSPS) is 16.9. The minimum absolute atomic E-state index is 0.217. The minimum atomic E-state index is -0.746. The van der Waals surface area contributed by atoms with Crippen molar-refractivity contribution in [2.75, 3.05) is 4.90 Å². The number of aromatic amines is 1. The molecule has 0 saturated carbocycles. The van der Waals surface area contributed by atoms with E-state index in [0.717, 1.165) is 16.6 Å². The standard InChI is InChI=1S/C23H19N3O4/c1-3-14-20(16-10-30-19-7-4-12(2)8-15(19)21(16)27)26(23(29)22(14)28)13-5-6-17-18(9-13)25-11-24-17/h4-11,20,28H,3H2,1-2H3,(H,24,25). The van der Waals surface area contributed by atoms with Gasteiger partial charge < -0.3 is 14.5 Å². The third kappa shape index (κ3) is 2.55. The van der Waals surface area contributed by atoms with Gasteiger partial charge in [-0.15, -0.1) is 0 Å². The Bertz CT molecular complexity index is 1410. The van der Waals surface area contributed by atoms with E-state index in [9.17, 15) is 14.7 Å². The summed E-state index contributed by atoms with van der Waals surface area (Å²) in [5.74, 6) is -0.865. The van der Waals surface area contributed by atoms with Gasteiger partial charge in [0.15, 0.2) is 11.2 Å². The lowest BCUT2D eigenvalue weighted by atomic mass is 9.97. The van der Waals surface area contributed by atoms with Gasteiger partial charge in [0.1, 0.15) is 11.8 Å². The zero-order chi connectivity index (χ0) is 21.0. The zero-order valence-corrected chi connectivity index (χ0v) is 16.5. The smallest absolute Gasteiger partial charge is 0.293 e. The molecule has 1 aliphatic rings. The molecule has 0 spiro atoms. The van der Waals surface area contributed by atoms with Crippen LogP contribution in [0.1, 0.15) is 30.5 Å². The summed E-state index contributed by atoms with van der Waals surface area (Å²) in [6.07, 6.45) is 3.38. The molecule has 2 N–H and O–H groups in total. The zero-order valence-electron chi connectivity index (χ0n) is 16.5. The number of amides is 1. The van der Waals surface area contributed by atoms with Gasteiger partial charge in [-0.1, -0.05) is 18.6 Å². The molecule has 3 heterocycles. The summed E-state index contributed by atoms with van der Waals surface area (Å²) in [5, 5.41) is 11.0. The number of H-pyrrole nitrogens is 1. The lowest BCUT2D eigenvalue weighted by molar-refractivity contribution is -0.117. The summed E-state index contributed by atoms with van der Waals surface area (Å²) < 4.78 is 5.74. The fourth-order valence-electron chi connectivity index (χ4n) is 4.13. The van der Waals surface area contributed by atoms with Crippen LogP contribution in [0.5, 0.6) is 0 Å². The van der Waals surface area contributed by atoms with Crippen molar-refractivity contribution in [3.05, 3.63) is 81.7 Å². The molecule has 4 aromatic rings. The highest BCUT2D eigenvalue weighted by Crippen LogP contribution is 2.41. The molecule has 0 saturated heterocycles. The van der Waals surface area contributed by atoms with Crippen molar-refractivity contribution >= 4 is 33.6 Å². The maximum Gasteiger partial charge on any atom is 0.293 e. The average molecular weight is 401 g/mol. The van der Waals surface area contributed by atoms with Gasteiger partial charge in [-0.25, -0.2) is 4.98 Å². The molecule has 7 nitrogen and oxygen atoms in total. The van der Waals surface area contributed by atoms with Crippen molar-refractivity contribution in [3.63, 3.8) is 0 Å². The fraction of sp³-hybridized carbons (Fsp3) is 0.174. The number of nitrogens with one attached hydrogen (secondary N) is 1. The molecule has 0 radical (unpaired) electrons. The van der Waals surface area contributed by atoms with E-state index in [-0.39, 0.29) is 11.2 Å². The van der Waals surface area contributed by atoms with E-state index >= 15 is 0 Å². The molecule has 5 rings (SSSR count). The molecule has 2 aromatic carbocycles. The number of carbonyl (C=O) groups excluding carboxylic acids is 1. The molecule has 1 atom stereocenters. The van der Waals surface area contributed by atoms with E-state index in [0.29, 0.717) is 34.2 Å². The highest BCUT2D eigenvalue weighted by atomic mass is 16.3. The Morgan fingerprint density at radius 1 is 1.20 bits per heavy atom. The van der Waals surface area contributed by atoms with E-state index in [1.807, 2.05) is 19.9 Å². The molecule has 1 aliphatic heterocycles. The molecule has 1 amide bonds. The molecule has 0 bridgehead atoms. The fourth-order valence-corrected chi connectivity index (χ4v) is 4.13. The summed E-state index contributed by atoms with van der Waals surface area (Å²) in [4.78, 5) is 35.1. The van der Waals surface area contributed by atoms with Crippen LogP contribution in [0.25, 0.3) is 22.0 Å². The number of rotatable bonds is 3. The van der Waals surface area contributed by atoms with Gasteiger partial charge in [-0.3, -0.25) is 14.5 Å². The maximum absolute atomic E-state index is 13.4. The molecular weight excluding hydrogens is 382 g/mol. The topological polar surface area (TPSA) is 99.4 Å². The first-order valence-electron chi connectivity index (χ1n) is 9.70. The monoisotopic (exact) mass is 401 g/mol. The van der Waals surface area contributed by atoms with Gasteiger partial charge in [0, 0.05) is 11.3 Å². The Kier molecular flexibility index (Phi) is 3.99. The summed E-state index contributed by atoms with van der Waals surface area (Å²) in [7, 11) is 0. The van der Waals surface area contributed by atoms with E-state index < -0.39 is 11.9 Å². The third-order valence-electron chi connectivity index (χ3n) is 5.63. The average Bonchev–Trinajstić information content (AvgIpc) is 3.31. The molecule has 0 aliphatic carbocycles. The Balaban J connectivity index is 1.74. The summed E-state index contributed by atoms with van der Waals surface area (Å²) >= 11 is 0. The first kappa shape index (κ1) is 18.2. The van der Waals surface area contributed by atoms with E-state index in [1.54, 1.807) is 36.7 Å². The van der Waals surface area contributed by atoms with Crippen LogP contribution in [0.3, 0.4) is 0 Å². The maximum atomic E-state index is 13.4. The van der Waals surface area contributed by atoms with E-state index in [2.05, 4.69) is 9.97 Å². The third-order valence-corrected chi connectivity index (χ3v) is 5.63. The number of fused-ring (bicyclic) bond motifs is 2. The SMILES string of the molecule is CCC1=C(O)C(=O)N(c2ccc3nc[nH]c3c2)C1c1coc2ccc(C)cc2c1=O. The highest BCUT2D eigenvalue weighted by molar-refractivity contribution is 6.09. The summed E-state index contributed by atoms with van der Waals surface area (Å²) in [5.41, 5.74) is 4.07. The number of aliphatic hydroxyl groups excluding tert-OH is 1. The molecule has 30 heavy (non-hydrogen) atoms. The Morgan fingerprint density at radius 2 is 2.03 bits per heavy atom. The minimum Gasteiger partial charge on any atom is -0.503 e. The predicted molar refractivity (Wildman–Crippen MR) is 113 cm³/mol. The highest BCUT2D eigenvalue weighted by Gasteiger charge is 2.42. The Labute approximate surface area is 171 Å². The number of imidazole rings is 1. The van der Waals surface area contributed by atoms with Gasteiger partial charge in [0.2, 0.25) is 0 Å². The second-order valence-electron chi connectivity index (χ2n) is 7.43. The number of aryl methyl sites for hydroxylation is 1. The van der Waals surface area contributed by atoms with Gasteiger partial charge in [0.05, 0.1) is 34.4 Å². The van der Waals surface area contributed by atoms with Crippen molar-refractivity contribution in [3.8, 4) is 0 Å². The number of nitrogens with zero attached hydrogens (tertiary/aromatic N) is 2. The number of carbonyl (C=O) groups is 1. The number of hydrogen-bond donors (Lipinski definition) is 2. The van der Waals surface area contributed by atoms with Crippen LogP contribution in [0.15, 0.2) is 69.5 Å². The number of hydrogen-bond acceptors (Lipinski definition) is 5. The van der Waals surface area contributed by atoms with Gasteiger partial charge in [-0.05, 0) is 43.7 Å². The first-order valence-corrected chi connectivity index (χ1v) is 9.70. The van der Waals surface area contributed by atoms with Gasteiger partial charge >= 0.3 is 0 Å². The largest absolute Gasteiger partial charge is 0.503 e. The quantitative estimate of drug-likeness (QED) is 0.534. The van der Waals surface area contributed by atoms with Crippen molar-refractivity contribution in [1.82, 2.24) is 9.97 Å². The summed E-state index contributed by atoms with van der Waals surface area (Å²) in [6.45, 7) is 3.75. The van der Waals surface area contributed by atoms with Crippen molar-refractivity contribution < 1.29 is 14.3 Å². The Morgan fingerprint density at radius 3 is 2.83 bits per heavy atom. The van der Waals surface area contributed by atoms with Crippen LogP contribution in [-0.2, 0) is 4.79 Å². The van der Waals surface area contributed by atoms with Crippen LogP contribution in [-0.4, -0.2) is 21.0 Å². The van der Waals surface area contributed by atoms with Crippen LogP contribution in [0.4, 0.5) is 5.69 Å². The predicted octanol–water partition coefficient (Wildman–Crippen LogP) is 4.29. The number of anilines is 1. The second-order valence-corrected chi connectivity index (χ2v) is 7.43. The molecule has 2 aromatic heterocycles. The summed E-state index contributed by atoms with van der Waals surface area (Å²) in [6, 6.07) is 9.99. The van der Waals surface area contributed by atoms with Crippen molar-refractivity contribution in [1.29, 1.82) is 0 Å². The van der Waals surface area contributed by atoms with Gasteiger partial charge in [-0.2, -0.15) is 0 Å². The van der Waals surface area contributed by atoms with Crippen LogP contribution >= 0.6 is 0 Å². The lowest BCUT2D eigenvalue weighted by Crippen LogP contribution is -2.32. The van der Waals surface area contributed by atoms with Crippen LogP contribution in [0, 0.1) is 6.92 Å². The van der Waals surface area contributed by atoms with Crippen LogP contribution < -0.4 is 10.3 Å². The molecule has 0 fully saturated rings. The van der Waals surface area contributed by atoms with Gasteiger partial charge in [0.25, 0.3) is 5.91 Å². The lowest BCUT2D eigenvalue weighted by Gasteiger charge is -2.26. The van der Waals surface area contributed by atoms with E-state index in [1.165, 1.54) is 11.2 Å². The van der Waals surface area contributed by atoms with Crippen molar-refractivity contribution in [2.24, 2.45) is 0 Å². The van der Waals surface area contributed by atoms with Crippen molar-refractivity contribution in [2.45, 2.75) is 26.3 Å².